The van der Waals surface area contributed by atoms with Crippen molar-refractivity contribution in [3.05, 3.63) is 81.9 Å². The van der Waals surface area contributed by atoms with Crippen LogP contribution in [0.2, 0.25) is 5.02 Å². The first-order chi connectivity index (χ1) is 15.0. The minimum atomic E-state index is 0.0563. The van der Waals surface area contributed by atoms with Gasteiger partial charge in [-0.05, 0) is 24.3 Å². The highest BCUT2D eigenvalue weighted by Crippen LogP contribution is 2.32. The molecule has 31 heavy (non-hydrogen) atoms. The molecule has 1 amide bonds. The maximum absolute atomic E-state index is 11.9. The van der Waals surface area contributed by atoms with Crippen LogP contribution in [0.15, 0.2) is 71.3 Å². The number of hydrogen-bond donors (Lipinski definition) is 0. The van der Waals surface area contributed by atoms with Gasteiger partial charge in [-0.2, -0.15) is 0 Å². The van der Waals surface area contributed by atoms with Crippen molar-refractivity contribution in [2.45, 2.75) is 17.3 Å². The third kappa shape index (κ3) is 5.18. The standard InChI is InChI=1S/C23H21ClN4OS2/c1-27(2)22(29)12-21-26-18(14-30-21)15-31-23-25-13-20(16-8-10-17(24)11-9-16)28(23)19-6-4-3-5-7-19/h3-11,13-14H,12,15H2,1-2H3. The number of imidazole rings is 1. The average Bonchev–Trinajstić information content (AvgIpc) is 3.40. The molecule has 0 saturated heterocycles. The first-order valence-corrected chi connectivity index (χ1v) is 11.9. The second-order valence-electron chi connectivity index (χ2n) is 7.09. The Bertz CT molecular complexity index is 1170. The van der Waals surface area contributed by atoms with E-state index in [0.717, 1.165) is 32.8 Å². The van der Waals surface area contributed by atoms with Crippen LogP contribution in [0.25, 0.3) is 16.9 Å². The Morgan fingerprint density at radius 2 is 1.87 bits per heavy atom. The molecule has 2 aromatic heterocycles. The molecule has 0 unspecified atom stereocenters. The molecule has 8 heteroatoms. The molecule has 0 aliphatic carbocycles. The summed E-state index contributed by atoms with van der Waals surface area (Å²) in [4.78, 5) is 22.8. The predicted molar refractivity (Wildman–Crippen MR) is 128 cm³/mol. The summed E-state index contributed by atoms with van der Waals surface area (Å²) >= 11 is 9.22. The summed E-state index contributed by atoms with van der Waals surface area (Å²) in [6.07, 6.45) is 2.22. The number of aromatic nitrogens is 3. The van der Waals surface area contributed by atoms with Crippen LogP contribution in [0.5, 0.6) is 0 Å². The number of thiazole rings is 1. The van der Waals surface area contributed by atoms with Gasteiger partial charge >= 0.3 is 0 Å². The Balaban J connectivity index is 1.58. The van der Waals surface area contributed by atoms with Gasteiger partial charge in [0, 0.05) is 41.5 Å². The summed E-state index contributed by atoms with van der Waals surface area (Å²) in [6.45, 7) is 0. The first kappa shape index (κ1) is 21.6. The zero-order valence-corrected chi connectivity index (χ0v) is 19.5. The molecule has 0 aliphatic heterocycles. The lowest BCUT2D eigenvalue weighted by molar-refractivity contribution is -0.127. The van der Waals surface area contributed by atoms with Crippen molar-refractivity contribution < 1.29 is 4.79 Å². The maximum Gasteiger partial charge on any atom is 0.228 e. The Labute approximate surface area is 194 Å². The zero-order chi connectivity index (χ0) is 21.8. The fourth-order valence-electron chi connectivity index (χ4n) is 3.01. The summed E-state index contributed by atoms with van der Waals surface area (Å²) in [6, 6.07) is 18.0. The number of carbonyl (C=O) groups excluding carboxylic acids is 1. The molecule has 2 aromatic carbocycles. The van der Waals surface area contributed by atoms with E-state index in [1.165, 1.54) is 11.3 Å². The summed E-state index contributed by atoms with van der Waals surface area (Å²) in [7, 11) is 3.52. The van der Waals surface area contributed by atoms with E-state index in [1.807, 2.05) is 54.0 Å². The van der Waals surface area contributed by atoms with Gasteiger partial charge in [0.1, 0.15) is 5.01 Å². The van der Waals surface area contributed by atoms with E-state index in [4.69, 9.17) is 16.6 Å². The Morgan fingerprint density at radius 3 is 2.58 bits per heavy atom. The lowest BCUT2D eigenvalue weighted by Gasteiger charge is -2.12. The van der Waals surface area contributed by atoms with E-state index in [2.05, 4.69) is 21.7 Å². The highest BCUT2D eigenvalue weighted by Gasteiger charge is 2.15. The van der Waals surface area contributed by atoms with Crippen LogP contribution in [-0.2, 0) is 17.0 Å². The van der Waals surface area contributed by atoms with Crippen LogP contribution < -0.4 is 0 Å². The molecule has 0 radical (unpaired) electrons. The molecule has 0 aliphatic rings. The van der Waals surface area contributed by atoms with Crippen LogP contribution >= 0.6 is 34.7 Å². The molecule has 4 aromatic rings. The number of carbonyl (C=O) groups is 1. The lowest BCUT2D eigenvalue weighted by atomic mass is 10.1. The number of halogens is 1. The third-order valence-electron chi connectivity index (χ3n) is 4.63. The topological polar surface area (TPSA) is 51.0 Å². The van der Waals surface area contributed by atoms with E-state index < -0.39 is 0 Å². The van der Waals surface area contributed by atoms with Crippen molar-refractivity contribution in [3.63, 3.8) is 0 Å². The van der Waals surface area contributed by atoms with Gasteiger partial charge in [-0.15, -0.1) is 11.3 Å². The maximum atomic E-state index is 11.9. The number of likely N-dealkylation sites (N-methyl/N-ethyl adjacent to an activating group) is 1. The van der Waals surface area contributed by atoms with Gasteiger partial charge in [-0.3, -0.25) is 9.36 Å². The monoisotopic (exact) mass is 468 g/mol. The van der Waals surface area contributed by atoms with Crippen LogP contribution in [0.4, 0.5) is 0 Å². The molecule has 2 heterocycles. The van der Waals surface area contributed by atoms with E-state index in [-0.39, 0.29) is 5.91 Å². The second-order valence-corrected chi connectivity index (χ2v) is 9.41. The van der Waals surface area contributed by atoms with Gasteiger partial charge in [-0.25, -0.2) is 9.97 Å². The number of rotatable bonds is 7. The SMILES string of the molecule is CN(C)C(=O)Cc1nc(CSc2ncc(-c3ccc(Cl)cc3)n2-c2ccccc2)cs1. The van der Waals surface area contributed by atoms with E-state index in [1.54, 1.807) is 30.8 Å². The van der Waals surface area contributed by atoms with Crippen molar-refractivity contribution in [2.75, 3.05) is 14.1 Å². The van der Waals surface area contributed by atoms with E-state index >= 15 is 0 Å². The number of hydrogen-bond acceptors (Lipinski definition) is 5. The van der Waals surface area contributed by atoms with Crippen LogP contribution in [0.3, 0.4) is 0 Å². The summed E-state index contributed by atoms with van der Waals surface area (Å²) in [5.41, 5.74) is 4.04. The van der Waals surface area contributed by atoms with Crippen LogP contribution in [0.1, 0.15) is 10.7 Å². The number of benzene rings is 2. The number of para-hydroxylation sites is 1. The predicted octanol–water partition coefficient (Wildman–Crippen LogP) is 5.57. The number of amides is 1. The zero-order valence-electron chi connectivity index (χ0n) is 17.2. The van der Waals surface area contributed by atoms with Gasteiger partial charge in [0.25, 0.3) is 0 Å². The minimum Gasteiger partial charge on any atom is -0.348 e. The van der Waals surface area contributed by atoms with Crippen molar-refractivity contribution in [2.24, 2.45) is 0 Å². The van der Waals surface area contributed by atoms with Crippen LogP contribution in [0, 0.1) is 0 Å². The smallest absolute Gasteiger partial charge is 0.228 e. The Hall–Kier alpha value is -2.61. The molecule has 0 fully saturated rings. The molecule has 0 bridgehead atoms. The fourth-order valence-corrected chi connectivity index (χ4v) is 4.91. The molecular weight excluding hydrogens is 448 g/mol. The van der Waals surface area contributed by atoms with Crippen molar-refractivity contribution in [1.29, 1.82) is 0 Å². The van der Waals surface area contributed by atoms with Gasteiger partial charge in [-0.1, -0.05) is 53.7 Å². The minimum absolute atomic E-state index is 0.0563. The fraction of sp³-hybridized carbons (Fsp3) is 0.174. The molecule has 0 spiro atoms. The van der Waals surface area contributed by atoms with Gasteiger partial charge in [0.2, 0.25) is 5.91 Å². The molecular formula is C23H21ClN4OS2. The Morgan fingerprint density at radius 1 is 1.13 bits per heavy atom. The average molecular weight is 469 g/mol. The van der Waals surface area contributed by atoms with E-state index in [9.17, 15) is 4.79 Å². The normalized spacial score (nSPS) is 10.9. The van der Waals surface area contributed by atoms with Crippen molar-refractivity contribution in [1.82, 2.24) is 19.4 Å². The largest absolute Gasteiger partial charge is 0.348 e. The Kier molecular flexibility index (Phi) is 6.75. The number of nitrogens with zero attached hydrogens (tertiary/aromatic N) is 4. The summed E-state index contributed by atoms with van der Waals surface area (Å²) in [5.74, 6) is 0.733. The second kappa shape index (κ2) is 9.68. The quantitative estimate of drug-likeness (QED) is 0.332. The molecule has 0 saturated carbocycles. The molecule has 0 N–H and O–H groups in total. The molecule has 5 nitrogen and oxygen atoms in total. The highest BCUT2D eigenvalue weighted by atomic mass is 35.5. The summed E-state index contributed by atoms with van der Waals surface area (Å²) < 4.78 is 2.15. The third-order valence-corrected chi connectivity index (χ3v) is 6.77. The van der Waals surface area contributed by atoms with Gasteiger partial charge in [0.05, 0.1) is 24.0 Å². The molecule has 158 valence electrons. The molecule has 4 rings (SSSR count). The van der Waals surface area contributed by atoms with Crippen molar-refractivity contribution in [3.8, 4) is 16.9 Å². The van der Waals surface area contributed by atoms with Crippen LogP contribution in [-0.4, -0.2) is 39.4 Å². The first-order valence-electron chi connectivity index (χ1n) is 9.66. The van der Waals surface area contributed by atoms with E-state index in [0.29, 0.717) is 17.2 Å². The van der Waals surface area contributed by atoms with Gasteiger partial charge < -0.3 is 4.90 Å². The van der Waals surface area contributed by atoms with Gasteiger partial charge in [0.15, 0.2) is 5.16 Å². The lowest BCUT2D eigenvalue weighted by Crippen LogP contribution is -2.23. The number of thioether (sulfide) groups is 1. The highest BCUT2D eigenvalue weighted by molar-refractivity contribution is 7.98. The molecule has 0 atom stereocenters. The van der Waals surface area contributed by atoms with Crippen molar-refractivity contribution >= 4 is 40.6 Å². The summed E-state index contributed by atoms with van der Waals surface area (Å²) in [5, 5.41) is 4.44.